The summed E-state index contributed by atoms with van der Waals surface area (Å²) >= 11 is 1.54. The van der Waals surface area contributed by atoms with Crippen LogP contribution in [0.25, 0.3) is 0 Å². The second kappa shape index (κ2) is 8.53. The third kappa shape index (κ3) is 4.15. The summed E-state index contributed by atoms with van der Waals surface area (Å²) in [6.45, 7) is 8.92. The van der Waals surface area contributed by atoms with E-state index in [2.05, 4.69) is 10.6 Å². The zero-order valence-electron chi connectivity index (χ0n) is 18.3. The quantitative estimate of drug-likeness (QED) is 0.590. The summed E-state index contributed by atoms with van der Waals surface area (Å²) in [6, 6.07) is 4.59. The highest BCUT2D eigenvalue weighted by Gasteiger charge is 2.57. The van der Waals surface area contributed by atoms with Gasteiger partial charge in [0.2, 0.25) is 11.8 Å². The third-order valence-corrected chi connectivity index (χ3v) is 7.61. The van der Waals surface area contributed by atoms with Gasteiger partial charge in [0.15, 0.2) is 0 Å². The van der Waals surface area contributed by atoms with E-state index < -0.39 is 40.7 Å². The number of hydrogen-bond donors (Lipinski definition) is 3. The van der Waals surface area contributed by atoms with Crippen LogP contribution in [-0.2, 0) is 14.4 Å². The number of thioether (sulfide) groups is 1. The Morgan fingerprint density at radius 3 is 2.45 bits per heavy atom. The Kier molecular flexibility index (Phi) is 6.36. The van der Waals surface area contributed by atoms with Gasteiger partial charge in [-0.15, -0.1) is 11.8 Å². The summed E-state index contributed by atoms with van der Waals surface area (Å²) in [5.41, 5.74) is 1.49. The first-order valence-corrected chi connectivity index (χ1v) is 11.3. The van der Waals surface area contributed by atoms with Gasteiger partial charge in [-0.3, -0.25) is 14.4 Å². The molecule has 8 nitrogen and oxygen atoms in total. The molecular weight excluding hydrogens is 418 g/mol. The lowest BCUT2D eigenvalue weighted by molar-refractivity contribution is -0.143. The van der Waals surface area contributed by atoms with E-state index in [4.69, 9.17) is 0 Å². The van der Waals surface area contributed by atoms with Crippen molar-refractivity contribution in [3.05, 3.63) is 35.4 Å². The Labute approximate surface area is 186 Å². The van der Waals surface area contributed by atoms with E-state index >= 15 is 0 Å². The van der Waals surface area contributed by atoms with Gasteiger partial charge >= 0.3 is 5.97 Å². The molecule has 0 unspecified atom stereocenters. The molecule has 0 spiro atoms. The normalized spacial score (nSPS) is 24.0. The van der Waals surface area contributed by atoms with Crippen molar-refractivity contribution in [2.45, 2.75) is 69.3 Å². The van der Waals surface area contributed by atoms with Crippen molar-refractivity contribution in [1.29, 1.82) is 0 Å². The number of benzene rings is 1. The number of rotatable bonds is 7. The highest BCUT2D eigenvalue weighted by Crippen LogP contribution is 2.56. The van der Waals surface area contributed by atoms with Crippen LogP contribution in [0.3, 0.4) is 0 Å². The molecule has 0 aliphatic carbocycles. The second-order valence-electron chi connectivity index (χ2n) is 8.72. The zero-order valence-corrected chi connectivity index (χ0v) is 19.2. The smallest absolute Gasteiger partial charge is 0.326 e. The first-order valence-electron chi connectivity index (χ1n) is 10.4. The summed E-state index contributed by atoms with van der Waals surface area (Å²) in [5, 5.41) is 14.3. The molecule has 31 heavy (non-hydrogen) atoms. The predicted octanol–water partition coefficient (Wildman–Crippen LogP) is 2.16. The van der Waals surface area contributed by atoms with Crippen LogP contribution >= 0.6 is 11.8 Å². The minimum absolute atomic E-state index is 0.196. The Bertz CT molecular complexity index is 918. The fourth-order valence-corrected chi connectivity index (χ4v) is 5.71. The molecule has 1 saturated heterocycles. The topological polar surface area (TPSA) is 116 Å². The van der Waals surface area contributed by atoms with E-state index in [-0.39, 0.29) is 17.2 Å². The van der Waals surface area contributed by atoms with Crippen molar-refractivity contribution >= 4 is 35.5 Å². The Morgan fingerprint density at radius 1 is 1.19 bits per heavy atom. The van der Waals surface area contributed by atoms with Crippen LogP contribution in [0, 0.1) is 5.92 Å². The highest BCUT2D eigenvalue weighted by molar-refractivity contribution is 8.01. The van der Waals surface area contributed by atoms with Crippen LogP contribution < -0.4 is 10.6 Å². The van der Waals surface area contributed by atoms with Gasteiger partial charge in [0.25, 0.3) is 5.91 Å². The molecule has 0 radical (unpaired) electrons. The van der Waals surface area contributed by atoms with E-state index in [0.717, 1.165) is 5.56 Å². The van der Waals surface area contributed by atoms with E-state index in [1.807, 2.05) is 32.9 Å². The SMILES string of the molecule is CC[C@H](C)[C@H](NC(=O)[C@H](C)NC(=O)[C@H]1N2C(=O)c3ccccc3[C@@H]2SC1(C)C)C(=O)O. The second-order valence-corrected chi connectivity index (χ2v) is 10.5. The first-order chi connectivity index (χ1) is 14.5. The largest absolute Gasteiger partial charge is 0.480 e. The number of carboxylic acids is 1. The fourth-order valence-electron chi connectivity index (χ4n) is 4.12. The van der Waals surface area contributed by atoms with Gasteiger partial charge in [0.1, 0.15) is 23.5 Å². The molecule has 2 aliphatic rings. The summed E-state index contributed by atoms with van der Waals surface area (Å²) in [4.78, 5) is 51.9. The summed E-state index contributed by atoms with van der Waals surface area (Å²) < 4.78 is -0.561. The van der Waals surface area contributed by atoms with Crippen molar-refractivity contribution < 1.29 is 24.3 Å². The summed E-state index contributed by atoms with van der Waals surface area (Å²) in [5.74, 6) is -2.57. The van der Waals surface area contributed by atoms with Crippen LogP contribution in [0.4, 0.5) is 0 Å². The maximum atomic E-state index is 13.2. The number of amides is 3. The molecule has 1 fully saturated rings. The molecule has 5 atom stereocenters. The molecule has 168 valence electrons. The van der Waals surface area contributed by atoms with Crippen LogP contribution in [0.1, 0.15) is 62.3 Å². The summed E-state index contributed by atoms with van der Waals surface area (Å²) in [7, 11) is 0. The minimum Gasteiger partial charge on any atom is -0.480 e. The number of aliphatic carboxylic acids is 1. The van der Waals surface area contributed by atoms with Gasteiger partial charge in [-0.1, -0.05) is 38.5 Å². The molecule has 1 aromatic carbocycles. The molecule has 3 N–H and O–H groups in total. The average molecular weight is 448 g/mol. The van der Waals surface area contributed by atoms with Crippen molar-refractivity contribution in [2.24, 2.45) is 5.92 Å². The van der Waals surface area contributed by atoms with Crippen molar-refractivity contribution in [3.8, 4) is 0 Å². The molecule has 1 aromatic rings. The maximum absolute atomic E-state index is 13.2. The third-order valence-electron chi connectivity index (χ3n) is 6.07. The number of fused-ring (bicyclic) bond motifs is 3. The molecule has 9 heteroatoms. The molecule has 2 heterocycles. The van der Waals surface area contributed by atoms with Crippen LogP contribution in [0.5, 0.6) is 0 Å². The lowest BCUT2D eigenvalue weighted by atomic mass is 9.98. The number of hydrogen-bond acceptors (Lipinski definition) is 5. The number of nitrogens with one attached hydrogen (secondary N) is 2. The average Bonchev–Trinajstić information content (AvgIpc) is 3.14. The predicted molar refractivity (Wildman–Crippen MR) is 117 cm³/mol. The van der Waals surface area contributed by atoms with Gasteiger partial charge in [0.05, 0.1) is 0 Å². The van der Waals surface area contributed by atoms with E-state index in [1.165, 1.54) is 6.92 Å². The molecular formula is C22H29N3O5S. The van der Waals surface area contributed by atoms with E-state index in [9.17, 15) is 24.3 Å². The van der Waals surface area contributed by atoms with Gasteiger partial charge in [-0.25, -0.2) is 4.79 Å². The lowest BCUT2D eigenvalue weighted by Gasteiger charge is -2.31. The summed E-state index contributed by atoms with van der Waals surface area (Å²) in [6.07, 6.45) is 0.588. The molecule has 0 bridgehead atoms. The van der Waals surface area contributed by atoms with Gasteiger partial charge in [-0.05, 0) is 38.3 Å². The van der Waals surface area contributed by atoms with Crippen molar-refractivity contribution in [3.63, 3.8) is 0 Å². The molecule has 0 aromatic heterocycles. The Hall–Kier alpha value is -2.55. The number of carboxylic acid groups (broad SMARTS) is 1. The molecule has 3 rings (SSSR count). The van der Waals surface area contributed by atoms with Crippen molar-refractivity contribution in [2.75, 3.05) is 0 Å². The molecule has 0 saturated carbocycles. The maximum Gasteiger partial charge on any atom is 0.326 e. The molecule has 3 amide bonds. The Balaban J connectivity index is 1.74. The first kappa shape index (κ1) is 23.1. The monoisotopic (exact) mass is 447 g/mol. The van der Waals surface area contributed by atoms with Crippen molar-refractivity contribution in [1.82, 2.24) is 15.5 Å². The van der Waals surface area contributed by atoms with E-state index in [0.29, 0.717) is 12.0 Å². The van der Waals surface area contributed by atoms with Crippen LogP contribution in [0.15, 0.2) is 24.3 Å². The number of carbonyl (C=O) groups excluding carboxylic acids is 3. The van der Waals surface area contributed by atoms with Crippen LogP contribution in [0.2, 0.25) is 0 Å². The number of nitrogens with zero attached hydrogens (tertiary/aromatic N) is 1. The highest BCUT2D eigenvalue weighted by atomic mass is 32.2. The van der Waals surface area contributed by atoms with E-state index in [1.54, 1.807) is 35.7 Å². The van der Waals surface area contributed by atoms with Gasteiger partial charge < -0.3 is 20.6 Å². The molecule has 2 aliphatic heterocycles. The standard InChI is InChI=1S/C22H29N3O5S/c1-6-11(2)15(21(29)30)24-17(26)12(3)23-18(27)16-22(4,5)31-20-14-10-8-7-9-13(14)19(28)25(16)20/h7-12,15-16,20H,6H2,1-5H3,(H,23,27)(H,24,26)(H,29,30)/t11-,12-,15-,16+,20-/m0/s1. The minimum atomic E-state index is -1.11. The fraction of sp³-hybridized carbons (Fsp3) is 0.545. The zero-order chi connectivity index (χ0) is 23.1. The Morgan fingerprint density at radius 2 is 1.84 bits per heavy atom. The van der Waals surface area contributed by atoms with Crippen LogP contribution in [-0.4, -0.2) is 56.6 Å². The van der Waals surface area contributed by atoms with Gasteiger partial charge in [0, 0.05) is 10.3 Å². The van der Waals surface area contributed by atoms with Gasteiger partial charge in [-0.2, -0.15) is 0 Å². The number of carbonyl (C=O) groups is 4. The lowest BCUT2D eigenvalue weighted by Crippen LogP contribution is -2.58.